The fourth-order valence-corrected chi connectivity index (χ4v) is 1.48. The van der Waals surface area contributed by atoms with Crippen LogP contribution in [-0.2, 0) is 25.0 Å². The molecule has 0 radical (unpaired) electrons. The van der Waals surface area contributed by atoms with Gasteiger partial charge in [-0.25, -0.2) is 0 Å². The van der Waals surface area contributed by atoms with Crippen molar-refractivity contribution < 1.29 is 9.84 Å². The van der Waals surface area contributed by atoms with Crippen molar-refractivity contribution in [1.82, 2.24) is 9.78 Å². The normalized spacial score (nSPS) is 10.6. The first-order chi connectivity index (χ1) is 7.74. The fraction of sp³-hybridized carbons (Fsp3) is 0.250. The lowest BCUT2D eigenvalue weighted by atomic mass is 10.2. The summed E-state index contributed by atoms with van der Waals surface area (Å²) in [6.07, 6.45) is 3.70. The van der Waals surface area contributed by atoms with Crippen LogP contribution in [0.1, 0.15) is 11.1 Å². The number of hydrogen-bond donors (Lipinski definition) is 1. The molecular formula is C12H14N2O2. The summed E-state index contributed by atoms with van der Waals surface area (Å²) in [5.41, 5.74) is 2.01. The van der Waals surface area contributed by atoms with Gasteiger partial charge in [-0.3, -0.25) is 4.68 Å². The molecule has 0 aliphatic rings. The lowest BCUT2D eigenvalue weighted by Crippen LogP contribution is -1.93. The molecule has 0 aliphatic carbocycles. The molecule has 0 unspecified atom stereocenters. The number of aromatic hydroxyl groups is 1. The lowest BCUT2D eigenvalue weighted by Gasteiger charge is -2.03. The maximum absolute atomic E-state index is 9.26. The number of phenolic OH excluding ortho intramolecular Hbond substituents is 1. The molecule has 0 aliphatic heterocycles. The minimum Gasteiger partial charge on any atom is -0.508 e. The van der Waals surface area contributed by atoms with E-state index in [9.17, 15) is 5.11 Å². The number of phenols is 1. The second kappa shape index (κ2) is 4.81. The number of benzene rings is 1. The molecule has 0 bridgehead atoms. The van der Waals surface area contributed by atoms with Crippen LogP contribution in [0.4, 0.5) is 0 Å². The smallest absolute Gasteiger partial charge is 0.115 e. The van der Waals surface area contributed by atoms with Crippen molar-refractivity contribution in [3.05, 3.63) is 47.8 Å². The van der Waals surface area contributed by atoms with E-state index in [-0.39, 0.29) is 5.75 Å². The fourth-order valence-electron chi connectivity index (χ4n) is 1.48. The Bertz CT molecular complexity index is 466. The largest absolute Gasteiger partial charge is 0.508 e. The molecule has 1 aromatic heterocycles. The molecular weight excluding hydrogens is 204 g/mol. The summed E-state index contributed by atoms with van der Waals surface area (Å²) >= 11 is 0. The van der Waals surface area contributed by atoms with Crippen LogP contribution >= 0.6 is 0 Å². The van der Waals surface area contributed by atoms with Gasteiger partial charge in [0.1, 0.15) is 5.75 Å². The third-order valence-corrected chi connectivity index (χ3v) is 2.21. The minimum atomic E-state index is 0.266. The van der Waals surface area contributed by atoms with Gasteiger partial charge in [0.2, 0.25) is 0 Å². The Balaban J connectivity index is 1.84. The second-order valence-electron chi connectivity index (χ2n) is 3.68. The Kier molecular flexibility index (Phi) is 3.22. The monoisotopic (exact) mass is 218 g/mol. The number of rotatable bonds is 4. The van der Waals surface area contributed by atoms with E-state index in [0.29, 0.717) is 13.2 Å². The van der Waals surface area contributed by atoms with Gasteiger partial charge in [0.15, 0.2) is 0 Å². The van der Waals surface area contributed by atoms with Crippen LogP contribution in [0.5, 0.6) is 5.75 Å². The van der Waals surface area contributed by atoms with Gasteiger partial charge in [-0.05, 0) is 17.7 Å². The van der Waals surface area contributed by atoms with E-state index in [2.05, 4.69) is 5.10 Å². The molecule has 0 saturated heterocycles. The lowest BCUT2D eigenvalue weighted by molar-refractivity contribution is 0.107. The van der Waals surface area contributed by atoms with Crippen LogP contribution in [0, 0.1) is 0 Å². The zero-order valence-electron chi connectivity index (χ0n) is 9.13. The van der Waals surface area contributed by atoms with Gasteiger partial charge in [0, 0.05) is 18.8 Å². The zero-order chi connectivity index (χ0) is 11.4. The standard InChI is InChI=1S/C12H14N2O2/c1-14-7-11(6-13-14)9-16-8-10-3-2-4-12(15)5-10/h2-7,15H,8-9H2,1H3. The predicted octanol–water partition coefficient (Wildman–Crippen LogP) is 1.84. The summed E-state index contributed by atoms with van der Waals surface area (Å²) in [7, 11) is 1.87. The highest BCUT2D eigenvalue weighted by molar-refractivity contribution is 5.26. The van der Waals surface area contributed by atoms with Crippen LogP contribution in [0.25, 0.3) is 0 Å². The third kappa shape index (κ3) is 2.84. The molecule has 0 atom stereocenters. The van der Waals surface area contributed by atoms with Crippen molar-refractivity contribution in [2.45, 2.75) is 13.2 Å². The van der Waals surface area contributed by atoms with Crippen LogP contribution in [-0.4, -0.2) is 14.9 Å². The molecule has 2 aromatic rings. The number of aromatic nitrogens is 2. The summed E-state index contributed by atoms with van der Waals surface area (Å²) in [5.74, 6) is 0.266. The summed E-state index contributed by atoms with van der Waals surface area (Å²) in [4.78, 5) is 0. The van der Waals surface area contributed by atoms with E-state index < -0.39 is 0 Å². The molecule has 2 rings (SSSR count). The summed E-state index contributed by atoms with van der Waals surface area (Å²) < 4.78 is 7.25. The number of ether oxygens (including phenoxy) is 1. The molecule has 0 saturated carbocycles. The molecule has 1 aromatic carbocycles. The number of hydrogen-bond acceptors (Lipinski definition) is 3. The Morgan fingerprint density at radius 2 is 2.12 bits per heavy atom. The molecule has 1 N–H and O–H groups in total. The van der Waals surface area contributed by atoms with E-state index >= 15 is 0 Å². The molecule has 1 heterocycles. The summed E-state index contributed by atoms with van der Waals surface area (Å²) in [6, 6.07) is 7.06. The third-order valence-electron chi connectivity index (χ3n) is 2.21. The van der Waals surface area contributed by atoms with Crippen molar-refractivity contribution in [3.8, 4) is 5.75 Å². The zero-order valence-corrected chi connectivity index (χ0v) is 9.13. The van der Waals surface area contributed by atoms with Gasteiger partial charge in [0.05, 0.1) is 19.4 Å². The molecule has 0 amide bonds. The minimum absolute atomic E-state index is 0.266. The number of nitrogens with zero attached hydrogens (tertiary/aromatic N) is 2. The van der Waals surface area contributed by atoms with Crippen LogP contribution in [0.15, 0.2) is 36.7 Å². The number of aryl methyl sites for hydroxylation is 1. The Hall–Kier alpha value is -1.81. The molecule has 84 valence electrons. The molecule has 0 fully saturated rings. The first-order valence-electron chi connectivity index (χ1n) is 5.07. The van der Waals surface area contributed by atoms with Gasteiger partial charge in [0.25, 0.3) is 0 Å². The average Bonchev–Trinajstić information content (AvgIpc) is 2.64. The molecule has 4 nitrogen and oxygen atoms in total. The molecule has 0 spiro atoms. The van der Waals surface area contributed by atoms with Gasteiger partial charge < -0.3 is 9.84 Å². The van der Waals surface area contributed by atoms with E-state index in [1.807, 2.05) is 19.3 Å². The van der Waals surface area contributed by atoms with E-state index in [0.717, 1.165) is 11.1 Å². The van der Waals surface area contributed by atoms with Crippen molar-refractivity contribution in [2.24, 2.45) is 7.05 Å². The van der Waals surface area contributed by atoms with Crippen molar-refractivity contribution >= 4 is 0 Å². The highest BCUT2D eigenvalue weighted by atomic mass is 16.5. The highest BCUT2D eigenvalue weighted by Crippen LogP contribution is 2.12. The SMILES string of the molecule is Cn1cc(COCc2cccc(O)c2)cn1. The van der Waals surface area contributed by atoms with Crippen LogP contribution in [0.2, 0.25) is 0 Å². The average molecular weight is 218 g/mol. The van der Waals surface area contributed by atoms with E-state index in [4.69, 9.17) is 4.74 Å². The van der Waals surface area contributed by atoms with Crippen molar-refractivity contribution in [3.63, 3.8) is 0 Å². The first kappa shape index (κ1) is 10.7. The van der Waals surface area contributed by atoms with Gasteiger partial charge in [-0.1, -0.05) is 12.1 Å². The quantitative estimate of drug-likeness (QED) is 0.851. The van der Waals surface area contributed by atoms with Crippen molar-refractivity contribution in [1.29, 1.82) is 0 Å². The van der Waals surface area contributed by atoms with E-state index in [1.54, 1.807) is 29.1 Å². The topological polar surface area (TPSA) is 47.3 Å². The maximum Gasteiger partial charge on any atom is 0.115 e. The first-order valence-corrected chi connectivity index (χ1v) is 5.07. The van der Waals surface area contributed by atoms with Crippen LogP contribution < -0.4 is 0 Å². The van der Waals surface area contributed by atoms with Crippen molar-refractivity contribution in [2.75, 3.05) is 0 Å². The summed E-state index contributed by atoms with van der Waals surface area (Å²) in [6.45, 7) is 1.02. The Labute approximate surface area is 94.1 Å². The van der Waals surface area contributed by atoms with Gasteiger partial charge in [-0.2, -0.15) is 5.10 Å². The summed E-state index contributed by atoms with van der Waals surface area (Å²) in [5, 5.41) is 13.3. The van der Waals surface area contributed by atoms with Gasteiger partial charge in [-0.15, -0.1) is 0 Å². The van der Waals surface area contributed by atoms with E-state index in [1.165, 1.54) is 0 Å². The molecule has 4 heteroatoms. The highest BCUT2D eigenvalue weighted by Gasteiger charge is 1.98. The van der Waals surface area contributed by atoms with Gasteiger partial charge >= 0.3 is 0 Å². The Morgan fingerprint density at radius 1 is 1.31 bits per heavy atom. The molecule has 16 heavy (non-hydrogen) atoms. The predicted molar refractivity (Wildman–Crippen MR) is 59.8 cm³/mol. The van der Waals surface area contributed by atoms with Crippen LogP contribution in [0.3, 0.4) is 0 Å². The second-order valence-corrected chi connectivity index (χ2v) is 3.68. The Morgan fingerprint density at radius 3 is 2.81 bits per heavy atom. The maximum atomic E-state index is 9.26.